The zero-order valence-electron chi connectivity index (χ0n) is 19.8. The Balaban J connectivity index is 1.54. The van der Waals surface area contributed by atoms with Crippen molar-refractivity contribution in [3.63, 3.8) is 0 Å². The smallest absolute Gasteiger partial charge is 0.319 e. The van der Waals surface area contributed by atoms with Crippen molar-refractivity contribution in [2.45, 2.75) is 33.4 Å². The lowest BCUT2D eigenvalue weighted by atomic mass is 10.0. The lowest BCUT2D eigenvalue weighted by Crippen LogP contribution is -2.34. The molecule has 4 aromatic rings. The van der Waals surface area contributed by atoms with Crippen molar-refractivity contribution in [2.24, 2.45) is 0 Å². The maximum absolute atomic E-state index is 13.1. The number of fused-ring (bicyclic) bond motifs is 1. The van der Waals surface area contributed by atoms with E-state index in [1.807, 2.05) is 56.3 Å². The van der Waals surface area contributed by atoms with Crippen LogP contribution in [0.15, 0.2) is 82.0 Å². The molecule has 0 unspecified atom stereocenters. The van der Waals surface area contributed by atoms with Gasteiger partial charge in [-0.1, -0.05) is 48.5 Å². The first-order chi connectivity index (χ1) is 16.8. The first-order valence-electron chi connectivity index (χ1n) is 11.4. The largest absolute Gasteiger partial charge is 0.455 e. The van der Waals surface area contributed by atoms with Crippen LogP contribution in [-0.2, 0) is 6.54 Å². The molecule has 3 N–H and O–H groups in total. The van der Waals surface area contributed by atoms with E-state index >= 15 is 0 Å². The van der Waals surface area contributed by atoms with Gasteiger partial charge in [-0.05, 0) is 50.6 Å². The van der Waals surface area contributed by atoms with Crippen LogP contribution in [-0.4, -0.2) is 18.0 Å². The molecular formula is C28H27N3O4. The molecule has 0 fully saturated rings. The summed E-state index contributed by atoms with van der Waals surface area (Å²) in [7, 11) is 0. The van der Waals surface area contributed by atoms with Gasteiger partial charge in [0, 0.05) is 29.4 Å². The van der Waals surface area contributed by atoms with Gasteiger partial charge in [0.2, 0.25) is 0 Å². The standard InChI is InChI=1S/C28H27N3O4/c1-17(2)30-28(34)31-21-14-12-19(13-15-21)16-29-27(33)23-11-7-10-22-24(32)18(3)25(35-26(22)23)20-8-5-4-6-9-20/h4-15,17H,16H2,1-3H3,(H,29,33)(H2,30,31,34). The summed E-state index contributed by atoms with van der Waals surface area (Å²) in [4.78, 5) is 37.9. The first-order valence-corrected chi connectivity index (χ1v) is 11.4. The first kappa shape index (κ1) is 23.8. The normalized spacial score (nSPS) is 10.9. The number of para-hydroxylation sites is 1. The highest BCUT2D eigenvalue weighted by Gasteiger charge is 2.18. The number of benzene rings is 3. The maximum atomic E-state index is 13.1. The third-order valence-electron chi connectivity index (χ3n) is 5.51. The Kier molecular flexibility index (Phi) is 6.96. The second kappa shape index (κ2) is 10.3. The summed E-state index contributed by atoms with van der Waals surface area (Å²) in [6, 6.07) is 21.3. The Bertz CT molecular complexity index is 1420. The van der Waals surface area contributed by atoms with E-state index in [-0.39, 0.29) is 35.5 Å². The molecular weight excluding hydrogens is 442 g/mol. The van der Waals surface area contributed by atoms with Crippen molar-refractivity contribution < 1.29 is 14.0 Å². The molecule has 0 saturated heterocycles. The molecule has 35 heavy (non-hydrogen) atoms. The van der Waals surface area contributed by atoms with Crippen LogP contribution in [0.2, 0.25) is 0 Å². The van der Waals surface area contributed by atoms with Gasteiger partial charge in [-0.25, -0.2) is 4.79 Å². The molecule has 1 aromatic heterocycles. The van der Waals surface area contributed by atoms with Gasteiger partial charge in [0.25, 0.3) is 5.91 Å². The van der Waals surface area contributed by atoms with Crippen molar-refractivity contribution in [2.75, 3.05) is 5.32 Å². The number of carbonyl (C=O) groups is 2. The molecule has 4 rings (SSSR count). The van der Waals surface area contributed by atoms with Gasteiger partial charge in [0.1, 0.15) is 5.76 Å². The Morgan fingerprint density at radius 2 is 1.63 bits per heavy atom. The van der Waals surface area contributed by atoms with E-state index in [0.717, 1.165) is 11.1 Å². The molecule has 178 valence electrons. The maximum Gasteiger partial charge on any atom is 0.319 e. The number of nitrogens with one attached hydrogen (secondary N) is 3. The molecule has 1 heterocycles. The number of urea groups is 1. The molecule has 0 atom stereocenters. The lowest BCUT2D eigenvalue weighted by molar-refractivity contribution is 0.0951. The highest BCUT2D eigenvalue weighted by Crippen LogP contribution is 2.27. The minimum absolute atomic E-state index is 0.0377. The minimum Gasteiger partial charge on any atom is -0.455 e. The number of hydrogen-bond acceptors (Lipinski definition) is 4. The topological polar surface area (TPSA) is 100 Å². The summed E-state index contributed by atoms with van der Waals surface area (Å²) in [6.45, 7) is 5.77. The molecule has 0 radical (unpaired) electrons. The Hall–Kier alpha value is -4.39. The molecule has 0 aliphatic rings. The third-order valence-corrected chi connectivity index (χ3v) is 5.51. The Morgan fingerprint density at radius 3 is 2.31 bits per heavy atom. The van der Waals surface area contributed by atoms with Crippen molar-refractivity contribution in [1.29, 1.82) is 0 Å². The summed E-state index contributed by atoms with van der Waals surface area (Å²) < 4.78 is 6.14. The predicted molar refractivity (Wildman–Crippen MR) is 138 cm³/mol. The molecule has 3 amide bonds. The van der Waals surface area contributed by atoms with Crippen molar-refractivity contribution in [1.82, 2.24) is 10.6 Å². The minimum atomic E-state index is -0.347. The highest BCUT2D eigenvalue weighted by molar-refractivity contribution is 6.05. The quantitative estimate of drug-likeness (QED) is 0.360. The zero-order chi connectivity index (χ0) is 24.9. The van der Waals surface area contributed by atoms with E-state index in [0.29, 0.717) is 28.0 Å². The fourth-order valence-corrected chi connectivity index (χ4v) is 3.77. The molecule has 0 spiro atoms. The van der Waals surface area contributed by atoms with Crippen LogP contribution in [0.1, 0.15) is 35.3 Å². The van der Waals surface area contributed by atoms with E-state index in [1.165, 1.54) is 0 Å². The summed E-state index contributed by atoms with van der Waals surface area (Å²) >= 11 is 0. The van der Waals surface area contributed by atoms with E-state index in [9.17, 15) is 14.4 Å². The van der Waals surface area contributed by atoms with Crippen LogP contribution >= 0.6 is 0 Å². The average molecular weight is 470 g/mol. The Labute approximate surface area is 203 Å². The molecule has 7 nitrogen and oxygen atoms in total. The van der Waals surface area contributed by atoms with E-state index in [2.05, 4.69) is 16.0 Å². The number of hydrogen-bond donors (Lipinski definition) is 3. The summed E-state index contributed by atoms with van der Waals surface area (Å²) in [6.07, 6.45) is 0. The number of carbonyl (C=O) groups excluding carboxylic acids is 2. The van der Waals surface area contributed by atoms with Crippen LogP contribution in [0.4, 0.5) is 10.5 Å². The number of rotatable bonds is 6. The van der Waals surface area contributed by atoms with Gasteiger partial charge in [-0.3, -0.25) is 9.59 Å². The number of anilines is 1. The lowest BCUT2D eigenvalue weighted by Gasteiger charge is -2.12. The molecule has 3 aromatic carbocycles. The van der Waals surface area contributed by atoms with Gasteiger partial charge in [-0.2, -0.15) is 0 Å². The van der Waals surface area contributed by atoms with Gasteiger partial charge >= 0.3 is 6.03 Å². The monoisotopic (exact) mass is 469 g/mol. The predicted octanol–water partition coefficient (Wildman–Crippen LogP) is 5.23. The molecule has 0 aliphatic carbocycles. The molecule has 0 saturated carbocycles. The van der Waals surface area contributed by atoms with Crippen molar-refractivity contribution >= 4 is 28.6 Å². The summed E-state index contributed by atoms with van der Waals surface area (Å²) in [5, 5.41) is 8.77. The molecule has 0 aliphatic heterocycles. The average Bonchev–Trinajstić information content (AvgIpc) is 2.85. The van der Waals surface area contributed by atoms with Gasteiger partial charge in [0.05, 0.1) is 10.9 Å². The van der Waals surface area contributed by atoms with Crippen LogP contribution < -0.4 is 21.4 Å². The van der Waals surface area contributed by atoms with Crippen LogP contribution in [0.3, 0.4) is 0 Å². The van der Waals surface area contributed by atoms with E-state index in [1.54, 1.807) is 37.3 Å². The van der Waals surface area contributed by atoms with Gasteiger partial charge in [0.15, 0.2) is 11.0 Å². The van der Waals surface area contributed by atoms with Crippen LogP contribution in [0, 0.1) is 6.92 Å². The molecule has 0 bridgehead atoms. The van der Waals surface area contributed by atoms with Crippen molar-refractivity contribution in [3.8, 4) is 11.3 Å². The summed E-state index contributed by atoms with van der Waals surface area (Å²) in [5.74, 6) is 0.105. The summed E-state index contributed by atoms with van der Waals surface area (Å²) in [5.41, 5.74) is 3.17. The van der Waals surface area contributed by atoms with Crippen LogP contribution in [0.5, 0.6) is 0 Å². The van der Waals surface area contributed by atoms with Gasteiger partial charge in [-0.15, -0.1) is 0 Å². The van der Waals surface area contributed by atoms with Gasteiger partial charge < -0.3 is 20.4 Å². The zero-order valence-corrected chi connectivity index (χ0v) is 19.8. The number of amides is 3. The van der Waals surface area contributed by atoms with E-state index in [4.69, 9.17) is 4.42 Å². The third kappa shape index (κ3) is 5.41. The second-order valence-corrected chi connectivity index (χ2v) is 8.57. The Morgan fingerprint density at radius 1 is 0.914 bits per heavy atom. The SMILES string of the molecule is Cc1c(-c2ccccc2)oc2c(C(=O)NCc3ccc(NC(=O)NC(C)C)cc3)cccc2c1=O. The second-order valence-electron chi connectivity index (χ2n) is 8.57. The van der Waals surface area contributed by atoms with E-state index < -0.39 is 0 Å². The highest BCUT2D eigenvalue weighted by atomic mass is 16.3. The fourth-order valence-electron chi connectivity index (χ4n) is 3.77. The van der Waals surface area contributed by atoms with Crippen molar-refractivity contribution in [3.05, 3.63) is 99.7 Å². The fraction of sp³-hybridized carbons (Fsp3) is 0.179. The van der Waals surface area contributed by atoms with Crippen LogP contribution in [0.25, 0.3) is 22.3 Å². The molecule has 7 heteroatoms.